The van der Waals surface area contributed by atoms with E-state index in [0.717, 1.165) is 11.1 Å². The summed E-state index contributed by atoms with van der Waals surface area (Å²) in [4.78, 5) is 23.4. The zero-order chi connectivity index (χ0) is 25.9. The van der Waals surface area contributed by atoms with Gasteiger partial charge in [-0.1, -0.05) is 0 Å². The van der Waals surface area contributed by atoms with Crippen molar-refractivity contribution >= 4 is 11.9 Å². The highest BCUT2D eigenvalue weighted by Crippen LogP contribution is 2.27. The van der Waals surface area contributed by atoms with Crippen molar-refractivity contribution in [3.63, 3.8) is 0 Å². The van der Waals surface area contributed by atoms with Crippen LogP contribution in [-0.4, -0.2) is 25.2 Å². The maximum atomic E-state index is 11.7. The number of hydrogen-bond acceptors (Lipinski definition) is 8. The van der Waals surface area contributed by atoms with Gasteiger partial charge in [-0.05, 0) is 74.5 Å². The molecule has 0 N–H and O–H groups in total. The fourth-order valence-electron chi connectivity index (χ4n) is 3.20. The third kappa shape index (κ3) is 6.07. The number of esters is 2. The summed E-state index contributed by atoms with van der Waals surface area (Å²) >= 11 is 0. The van der Waals surface area contributed by atoms with Crippen molar-refractivity contribution in [1.29, 1.82) is 10.5 Å². The van der Waals surface area contributed by atoms with E-state index in [1.165, 1.54) is 12.5 Å². The minimum atomic E-state index is -0.411. The number of hydrogen-bond donors (Lipinski definition) is 0. The maximum absolute atomic E-state index is 11.7. The number of furan rings is 2. The molecule has 4 rings (SSSR count). The van der Waals surface area contributed by atoms with Crippen LogP contribution in [0, 0.1) is 22.7 Å². The van der Waals surface area contributed by atoms with Crippen LogP contribution in [0.1, 0.15) is 45.7 Å². The first-order valence-electron chi connectivity index (χ1n) is 11.0. The molecule has 0 spiro atoms. The Labute approximate surface area is 207 Å². The highest BCUT2D eigenvalue weighted by molar-refractivity contribution is 5.96. The molecule has 36 heavy (non-hydrogen) atoms. The normalized spacial score (nSPS) is 9.78. The lowest BCUT2D eigenvalue weighted by Crippen LogP contribution is -2.04. The Morgan fingerprint density at radius 1 is 0.667 bits per heavy atom. The second-order valence-electron chi connectivity index (χ2n) is 7.15. The minimum Gasteiger partial charge on any atom is -0.463 e. The summed E-state index contributed by atoms with van der Waals surface area (Å²) in [6, 6.07) is 20.9. The van der Waals surface area contributed by atoms with Crippen LogP contribution in [-0.2, 0) is 9.47 Å². The number of nitriles is 2. The number of benzene rings is 2. The van der Waals surface area contributed by atoms with E-state index in [1.807, 2.05) is 12.1 Å². The summed E-state index contributed by atoms with van der Waals surface area (Å²) < 4.78 is 20.5. The zero-order valence-corrected chi connectivity index (χ0v) is 19.7. The molecule has 2 aromatic carbocycles. The van der Waals surface area contributed by atoms with Crippen molar-refractivity contribution in [3.05, 3.63) is 95.4 Å². The average Bonchev–Trinajstić information content (AvgIpc) is 3.60. The molecule has 0 atom stereocenters. The highest BCUT2D eigenvalue weighted by Gasteiger charge is 2.18. The predicted molar refractivity (Wildman–Crippen MR) is 130 cm³/mol. The van der Waals surface area contributed by atoms with Gasteiger partial charge in [-0.15, -0.1) is 0 Å². The first kappa shape index (κ1) is 25.5. The van der Waals surface area contributed by atoms with E-state index in [-0.39, 0.29) is 0 Å². The lowest BCUT2D eigenvalue weighted by molar-refractivity contribution is 0.0517. The first-order chi connectivity index (χ1) is 17.5. The fraction of sp³-hybridized carbons (Fsp3) is 0.143. The molecule has 0 saturated heterocycles. The van der Waals surface area contributed by atoms with Crippen LogP contribution >= 0.6 is 0 Å². The molecular formula is C28H22N2O6. The topological polar surface area (TPSA) is 126 Å². The molecule has 4 aromatic rings. The van der Waals surface area contributed by atoms with Crippen LogP contribution in [0.2, 0.25) is 0 Å². The molecule has 180 valence electrons. The van der Waals surface area contributed by atoms with Gasteiger partial charge in [0.15, 0.2) is 0 Å². The van der Waals surface area contributed by atoms with E-state index < -0.39 is 11.9 Å². The third-order valence-electron chi connectivity index (χ3n) is 4.87. The number of ether oxygens (including phenoxy) is 2. The number of carbonyl (C=O) groups excluding carboxylic acids is 2. The summed E-state index contributed by atoms with van der Waals surface area (Å²) in [6.45, 7) is 4.13. The zero-order valence-electron chi connectivity index (χ0n) is 19.7. The molecule has 0 saturated carbocycles. The van der Waals surface area contributed by atoms with Gasteiger partial charge in [-0.2, -0.15) is 10.5 Å². The molecule has 2 heterocycles. The van der Waals surface area contributed by atoms with Gasteiger partial charge in [0, 0.05) is 11.1 Å². The van der Waals surface area contributed by atoms with Gasteiger partial charge in [0.25, 0.3) is 0 Å². The second kappa shape index (κ2) is 12.4. The van der Waals surface area contributed by atoms with Gasteiger partial charge < -0.3 is 18.3 Å². The molecule has 8 nitrogen and oxygen atoms in total. The number of carbonyl (C=O) groups is 2. The molecule has 0 aliphatic rings. The average molecular weight is 482 g/mol. The van der Waals surface area contributed by atoms with E-state index in [9.17, 15) is 9.59 Å². The molecule has 0 amide bonds. The smallest absolute Gasteiger partial charge is 0.342 e. The van der Waals surface area contributed by atoms with Crippen molar-refractivity contribution in [2.45, 2.75) is 13.8 Å². The SMILES string of the molecule is CCOC(=O)c1ccoc1-c1ccc(C#N)cc1.CCOC(=O)c1ccoc1-c1ccc(C#N)cc1. The Kier molecular flexibility index (Phi) is 8.80. The van der Waals surface area contributed by atoms with Crippen LogP contribution in [0.4, 0.5) is 0 Å². The summed E-state index contributed by atoms with van der Waals surface area (Å²) in [5, 5.41) is 17.4. The lowest BCUT2D eigenvalue weighted by atomic mass is 10.1. The lowest BCUT2D eigenvalue weighted by Gasteiger charge is -2.02. The Hall–Kier alpha value is -5.08. The van der Waals surface area contributed by atoms with Crippen LogP contribution in [0.25, 0.3) is 22.6 Å². The molecule has 0 fully saturated rings. The van der Waals surface area contributed by atoms with Crippen LogP contribution < -0.4 is 0 Å². The molecule has 8 heteroatoms. The molecule has 2 aromatic heterocycles. The highest BCUT2D eigenvalue weighted by atomic mass is 16.5. The van der Waals surface area contributed by atoms with Gasteiger partial charge in [0.1, 0.15) is 22.6 Å². The van der Waals surface area contributed by atoms with Crippen LogP contribution in [0.3, 0.4) is 0 Å². The standard InChI is InChI=1S/2C14H11NO3/c2*1-2-17-14(16)12-7-8-18-13(12)11-5-3-10(9-15)4-6-11/h2*3-8H,2H2,1H3. The van der Waals surface area contributed by atoms with Gasteiger partial charge in [0.05, 0.1) is 49.0 Å². The quantitative estimate of drug-likeness (QED) is 0.307. The maximum Gasteiger partial charge on any atom is 0.342 e. The number of nitrogens with zero attached hydrogens (tertiary/aromatic N) is 2. The van der Waals surface area contributed by atoms with Gasteiger partial charge in [-0.25, -0.2) is 9.59 Å². The molecule has 0 bridgehead atoms. The largest absolute Gasteiger partial charge is 0.463 e. The molecule has 0 aliphatic carbocycles. The predicted octanol–water partition coefficient (Wildman–Crippen LogP) is 5.99. The van der Waals surface area contributed by atoms with Crippen LogP contribution in [0.5, 0.6) is 0 Å². The van der Waals surface area contributed by atoms with Gasteiger partial charge in [0.2, 0.25) is 0 Å². The number of rotatable bonds is 6. The monoisotopic (exact) mass is 482 g/mol. The molecule has 0 radical (unpaired) electrons. The summed E-state index contributed by atoms with van der Waals surface area (Å²) in [6.07, 6.45) is 2.89. The first-order valence-corrected chi connectivity index (χ1v) is 11.0. The van der Waals surface area contributed by atoms with Crippen molar-refractivity contribution in [2.24, 2.45) is 0 Å². The van der Waals surface area contributed by atoms with E-state index in [4.69, 9.17) is 28.8 Å². The Balaban J connectivity index is 0.000000201. The second-order valence-corrected chi connectivity index (χ2v) is 7.15. The molecular weight excluding hydrogens is 460 g/mol. The van der Waals surface area contributed by atoms with E-state index >= 15 is 0 Å². The third-order valence-corrected chi connectivity index (χ3v) is 4.87. The Morgan fingerprint density at radius 3 is 1.33 bits per heavy atom. The summed E-state index contributed by atoms with van der Waals surface area (Å²) in [7, 11) is 0. The van der Waals surface area contributed by atoms with Crippen molar-refractivity contribution < 1.29 is 27.9 Å². The van der Waals surface area contributed by atoms with Crippen molar-refractivity contribution in [2.75, 3.05) is 13.2 Å². The summed E-state index contributed by atoms with van der Waals surface area (Å²) in [5.41, 5.74) is 3.37. The Bertz CT molecular complexity index is 1290. The minimum absolute atomic E-state index is 0.316. The van der Waals surface area contributed by atoms with E-state index in [2.05, 4.69) is 0 Å². The van der Waals surface area contributed by atoms with Gasteiger partial charge in [-0.3, -0.25) is 0 Å². The fourth-order valence-corrected chi connectivity index (χ4v) is 3.20. The van der Waals surface area contributed by atoms with E-state index in [1.54, 1.807) is 74.5 Å². The van der Waals surface area contributed by atoms with Crippen molar-refractivity contribution in [3.8, 4) is 34.8 Å². The van der Waals surface area contributed by atoms with E-state index in [0.29, 0.717) is 47.0 Å². The Morgan fingerprint density at radius 2 is 1.03 bits per heavy atom. The van der Waals surface area contributed by atoms with Crippen LogP contribution in [0.15, 0.2) is 82.0 Å². The molecule has 0 aliphatic heterocycles. The van der Waals surface area contributed by atoms with Crippen molar-refractivity contribution in [1.82, 2.24) is 0 Å². The molecule has 0 unspecified atom stereocenters. The summed E-state index contributed by atoms with van der Waals surface area (Å²) in [5.74, 6) is 0.0899. The van der Waals surface area contributed by atoms with Gasteiger partial charge >= 0.3 is 11.9 Å².